The molecular formula is C8H11F2NO2. The van der Waals surface area contributed by atoms with E-state index in [1.807, 2.05) is 0 Å². The lowest BCUT2D eigenvalue weighted by Gasteiger charge is -2.21. The molecule has 5 heteroatoms. The molecule has 1 heterocycles. The van der Waals surface area contributed by atoms with E-state index in [4.69, 9.17) is 10.2 Å². The van der Waals surface area contributed by atoms with E-state index < -0.39 is 12.2 Å². The van der Waals surface area contributed by atoms with Gasteiger partial charge in [0.25, 0.3) is 5.92 Å². The third-order valence-electron chi connectivity index (χ3n) is 1.71. The minimum Gasteiger partial charge on any atom is -0.380 e. The molecule has 0 aromatic heterocycles. The fraction of sp³-hybridized carbons (Fsp3) is 0.500. The van der Waals surface area contributed by atoms with E-state index in [0.29, 0.717) is 0 Å². The maximum absolute atomic E-state index is 12.7. The van der Waals surface area contributed by atoms with Gasteiger partial charge in [0.1, 0.15) is 0 Å². The van der Waals surface area contributed by atoms with Crippen LogP contribution in [0.5, 0.6) is 0 Å². The first kappa shape index (κ1) is 10.1. The minimum absolute atomic E-state index is 0.0928. The molecule has 0 saturated carbocycles. The van der Waals surface area contributed by atoms with Gasteiger partial charge in [0, 0.05) is 19.0 Å². The van der Waals surface area contributed by atoms with Gasteiger partial charge in [0.2, 0.25) is 0 Å². The van der Waals surface area contributed by atoms with Crippen molar-refractivity contribution in [1.82, 2.24) is 5.32 Å². The number of alkyl halides is 2. The van der Waals surface area contributed by atoms with E-state index in [9.17, 15) is 8.78 Å². The molecule has 1 aliphatic rings. The number of dihydropyridines is 1. The van der Waals surface area contributed by atoms with Gasteiger partial charge in [0.05, 0.1) is 5.70 Å². The number of aliphatic hydroxyl groups is 2. The Morgan fingerprint density at radius 3 is 2.62 bits per heavy atom. The molecule has 0 radical (unpaired) electrons. The molecule has 3 nitrogen and oxygen atoms in total. The van der Waals surface area contributed by atoms with Crippen LogP contribution in [0.1, 0.15) is 6.92 Å². The van der Waals surface area contributed by atoms with E-state index in [1.54, 1.807) is 0 Å². The fourth-order valence-electron chi connectivity index (χ4n) is 1.02. The summed E-state index contributed by atoms with van der Waals surface area (Å²) in [5, 5.41) is 19.9. The van der Waals surface area contributed by atoms with Gasteiger partial charge >= 0.3 is 0 Å². The third-order valence-corrected chi connectivity index (χ3v) is 1.71. The summed E-state index contributed by atoms with van der Waals surface area (Å²) in [5.74, 6) is -2.98. The zero-order chi connectivity index (χ0) is 10.1. The van der Waals surface area contributed by atoms with E-state index in [-0.39, 0.29) is 17.8 Å². The van der Waals surface area contributed by atoms with Crippen LogP contribution in [0.25, 0.3) is 0 Å². The van der Waals surface area contributed by atoms with Crippen molar-refractivity contribution in [3.05, 3.63) is 23.4 Å². The average Bonchev–Trinajstić information content (AvgIpc) is 2.03. The molecule has 0 unspecified atom stereocenters. The number of allylic oxidation sites excluding steroid dienone is 1. The molecule has 0 bridgehead atoms. The molecule has 74 valence electrons. The molecule has 13 heavy (non-hydrogen) atoms. The Kier molecular flexibility index (Phi) is 2.68. The van der Waals surface area contributed by atoms with Crippen molar-refractivity contribution >= 4 is 0 Å². The zero-order valence-electron chi connectivity index (χ0n) is 7.09. The largest absolute Gasteiger partial charge is 0.380 e. The topological polar surface area (TPSA) is 52.5 Å². The number of hydrogen-bond donors (Lipinski definition) is 3. The van der Waals surface area contributed by atoms with E-state index in [2.05, 4.69) is 5.32 Å². The minimum atomic E-state index is -2.98. The smallest absolute Gasteiger partial charge is 0.284 e. The standard InChI is InChI=1S/C8H11F2NO2/c1-8(9,10)6-4-5(7(12)13)2-3-11-6/h2,4,7,11-13H,3H2,1H3. The molecule has 0 fully saturated rings. The summed E-state index contributed by atoms with van der Waals surface area (Å²) in [4.78, 5) is 0. The first-order valence-corrected chi connectivity index (χ1v) is 3.81. The Hall–Kier alpha value is -0.940. The normalized spacial score (nSPS) is 18.0. The van der Waals surface area contributed by atoms with E-state index in [0.717, 1.165) is 13.0 Å². The van der Waals surface area contributed by atoms with Crippen molar-refractivity contribution in [2.45, 2.75) is 19.1 Å². The van der Waals surface area contributed by atoms with Gasteiger partial charge in [0.15, 0.2) is 6.29 Å². The molecule has 0 amide bonds. The second kappa shape index (κ2) is 3.43. The number of nitrogens with one attached hydrogen (secondary N) is 1. The lowest BCUT2D eigenvalue weighted by Crippen LogP contribution is -2.31. The molecule has 0 aromatic carbocycles. The van der Waals surface area contributed by atoms with Crippen LogP contribution in [0.4, 0.5) is 8.78 Å². The number of halogens is 2. The highest BCUT2D eigenvalue weighted by Crippen LogP contribution is 2.24. The quantitative estimate of drug-likeness (QED) is 0.552. The van der Waals surface area contributed by atoms with Gasteiger partial charge in [-0.25, -0.2) is 8.78 Å². The second-order valence-electron chi connectivity index (χ2n) is 2.91. The predicted molar refractivity (Wildman–Crippen MR) is 43.0 cm³/mol. The summed E-state index contributed by atoms with van der Waals surface area (Å²) < 4.78 is 25.4. The molecule has 1 aliphatic heterocycles. The number of hydrogen-bond acceptors (Lipinski definition) is 3. The number of aliphatic hydroxyl groups excluding tert-OH is 1. The molecule has 0 aromatic rings. The highest BCUT2D eigenvalue weighted by atomic mass is 19.3. The Morgan fingerprint density at radius 2 is 2.15 bits per heavy atom. The summed E-state index contributed by atoms with van der Waals surface area (Å²) in [6.07, 6.45) is 0.799. The molecule has 0 saturated heterocycles. The maximum atomic E-state index is 12.7. The number of rotatable bonds is 2. The lowest BCUT2D eigenvalue weighted by atomic mass is 10.1. The molecule has 0 spiro atoms. The summed E-state index contributed by atoms with van der Waals surface area (Å²) >= 11 is 0. The first-order valence-electron chi connectivity index (χ1n) is 3.81. The highest BCUT2D eigenvalue weighted by molar-refractivity contribution is 5.31. The first-order chi connectivity index (χ1) is 5.91. The van der Waals surface area contributed by atoms with E-state index >= 15 is 0 Å². The third kappa shape index (κ3) is 2.50. The molecule has 3 N–H and O–H groups in total. The van der Waals surface area contributed by atoms with Crippen molar-refractivity contribution < 1.29 is 19.0 Å². The molecule has 1 rings (SSSR count). The Morgan fingerprint density at radius 1 is 1.54 bits per heavy atom. The highest BCUT2D eigenvalue weighted by Gasteiger charge is 2.29. The fourth-order valence-corrected chi connectivity index (χ4v) is 1.02. The SMILES string of the molecule is CC(F)(F)C1=CC(C(O)O)=CCN1. The zero-order valence-corrected chi connectivity index (χ0v) is 7.09. The average molecular weight is 191 g/mol. The second-order valence-corrected chi connectivity index (χ2v) is 2.91. The monoisotopic (exact) mass is 191 g/mol. The van der Waals surface area contributed by atoms with Crippen LogP contribution in [0, 0.1) is 0 Å². The van der Waals surface area contributed by atoms with Gasteiger partial charge < -0.3 is 15.5 Å². The Labute approximate surface area is 74.4 Å². The van der Waals surface area contributed by atoms with Gasteiger partial charge in [-0.2, -0.15) is 0 Å². The summed E-state index contributed by atoms with van der Waals surface area (Å²) in [6.45, 7) is 0.931. The van der Waals surface area contributed by atoms with E-state index in [1.165, 1.54) is 6.08 Å². The van der Waals surface area contributed by atoms with Crippen molar-refractivity contribution in [2.75, 3.05) is 6.54 Å². The molecular weight excluding hydrogens is 180 g/mol. The Balaban J connectivity index is 2.85. The van der Waals surface area contributed by atoms with Gasteiger partial charge in [-0.1, -0.05) is 6.08 Å². The van der Waals surface area contributed by atoms with Crippen LogP contribution in [0.15, 0.2) is 23.4 Å². The van der Waals surface area contributed by atoms with Crippen LogP contribution in [-0.4, -0.2) is 29.0 Å². The van der Waals surface area contributed by atoms with Crippen molar-refractivity contribution in [1.29, 1.82) is 0 Å². The summed E-state index contributed by atoms with van der Waals surface area (Å²) in [5.41, 5.74) is -0.201. The Bertz CT molecular complexity index is 253. The summed E-state index contributed by atoms with van der Waals surface area (Å²) in [6, 6.07) is 0. The van der Waals surface area contributed by atoms with Crippen molar-refractivity contribution in [3.8, 4) is 0 Å². The lowest BCUT2D eigenvalue weighted by molar-refractivity contribution is -0.00613. The van der Waals surface area contributed by atoms with Crippen LogP contribution < -0.4 is 5.32 Å². The van der Waals surface area contributed by atoms with Crippen molar-refractivity contribution in [2.24, 2.45) is 0 Å². The van der Waals surface area contributed by atoms with Gasteiger partial charge in [-0.15, -0.1) is 0 Å². The van der Waals surface area contributed by atoms with Crippen LogP contribution in [-0.2, 0) is 0 Å². The van der Waals surface area contributed by atoms with Crippen LogP contribution >= 0.6 is 0 Å². The maximum Gasteiger partial charge on any atom is 0.284 e. The van der Waals surface area contributed by atoms with Gasteiger partial charge in [-0.3, -0.25) is 0 Å². The predicted octanol–water partition coefficient (Wildman–Crippen LogP) is 0.366. The summed E-state index contributed by atoms with van der Waals surface area (Å²) in [7, 11) is 0. The van der Waals surface area contributed by atoms with Crippen molar-refractivity contribution in [3.63, 3.8) is 0 Å². The molecule has 0 atom stereocenters. The van der Waals surface area contributed by atoms with Gasteiger partial charge in [-0.05, 0) is 6.08 Å². The van der Waals surface area contributed by atoms with Crippen LogP contribution in [0.2, 0.25) is 0 Å². The molecule has 0 aliphatic carbocycles. The van der Waals surface area contributed by atoms with Crippen LogP contribution in [0.3, 0.4) is 0 Å².